The summed E-state index contributed by atoms with van der Waals surface area (Å²) in [6, 6.07) is 22.1. The Morgan fingerprint density at radius 3 is 1.17 bits per heavy atom. The zero-order valence-electron chi connectivity index (χ0n) is 33.6. The van der Waals surface area contributed by atoms with Crippen molar-refractivity contribution < 1.29 is 42.8 Å². The van der Waals surface area contributed by atoms with Gasteiger partial charge in [0, 0.05) is 25.2 Å². The SMILES string of the molecule is CCOc1cc(/C=C/c2ccc(OC(=O)Oc3ccc(/C=C/c4cc(OCC)cc(OCC)c4)cc3CCNC(=O)CN)c(CCNC(=O)CN)c2)cc(OCC)c1. The van der Waals surface area contributed by atoms with E-state index < -0.39 is 6.16 Å². The van der Waals surface area contributed by atoms with Gasteiger partial charge < -0.3 is 50.5 Å². The first kappa shape index (κ1) is 44.4. The van der Waals surface area contributed by atoms with Crippen molar-refractivity contribution in [2.24, 2.45) is 11.5 Å². The number of carbonyl (C=O) groups is 3. The van der Waals surface area contributed by atoms with E-state index in [-0.39, 0.29) is 49.5 Å². The molecule has 4 rings (SSSR count). The van der Waals surface area contributed by atoms with E-state index in [0.29, 0.717) is 73.4 Å². The molecule has 0 aliphatic heterocycles. The molecule has 308 valence electrons. The summed E-state index contributed by atoms with van der Waals surface area (Å²) in [5, 5.41) is 5.52. The number of hydrogen-bond donors (Lipinski definition) is 4. The topological polar surface area (TPSA) is 183 Å². The van der Waals surface area contributed by atoms with Gasteiger partial charge >= 0.3 is 6.16 Å². The Labute approximate surface area is 340 Å². The molecule has 13 nitrogen and oxygen atoms in total. The van der Waals surface area contributed by atoms with E-state index in [0.717, 1.165) is 22.3 Å². The summed E-state index contributed by atoms with van der Waals surface area (Å²) in [7, 11) is 0. The standard InChI is InChI=1S/C45H54N4O9/c1-5-53-37-23-33(24-38(27-37)54-6-2)11-9-31-13-15-41(35(21-31)17-19-48-43(50)29-46)57-45(52)58-42-16-14-32(22-36(42)18-20-49-44(51)30-47)10-12-34-25-39(55-7-3)28-40(26-34)56-8-4/h9-16,21-28H,5-8,17-20,29-30,46-47H2,1-4H3,(H,48,50)(H,49,51)/b11-9+,12-10+. The van der Waals surface area contributed by atoms with Crippen LogP contribution in [0.2, 0.25) is 0 Å². The number of hydrogen-bond acceptors (Lipinski definition) is 11. The van der Waals surface area contributed by atoms with E-state index >= 15 is 0 Å². The fourth-order valence-corrected chi connectivity index (χ4v) is 5.78. The lowest BCUT2D eigenvalue weighted by Gasteiger charge is -2.14. The molecule has 0 aliphatic rings. The van der Waals surface area contributed by atoms with Crippen LogP contribution in [0.3, 0.4) is 0 Å². The molecule has 0 unspecified atom stereocenters. The molecule has 0 heterocycles. The molecule has 0 atom stereocenters. The maximum absolute atomic E-state index is 13.4. The highest BCUT2D eigenvalue weighted by atomic mass is 16.7. The van der Waals surface area contributed by atoms with Crippen LogP contribution in [-0.4, -0.2) is 70.6 Å². The van der Waals surface area contributed by atoms with Crippen molar-refractivity contribution in [3.05, 3.63) is 106 Å². The number of benzene rings is 4. The van der Waals surface area contributed by atoms with E-state index in [1.54, 1.807) is 12.1 Å². The second kappa shape index (κ2) is 23.7. The molecule has 0 aromatic heterocycles. The Balaban J connectivity index is 1.58. The minimum atomic E-state index is -0.960. The van der Waals surface area contributed by atoms with Crippen LogP contribution in [0.1, 0.15) is 61.1 Å². The summed E-state index contributed by atoms with van der Waals surface area (Å²) in [4.78, 5) is 37.2. The van der Waals surface area contributed by atoms with Gasteiger partial charge in [0.25, 0.3) is 0 Å². The lowest BCUT2D eigenvalue weighted by atomic mass is 10.0. The van der Waals surface area contributed by atoms with E-state index in [1.807, 2.05) is 113 Å². The van der Waals surface area contributed by atoms with Crippen LogP contribution in [0, 0.1) is 0 Å². The lowest BCUT2D eigenvalue weighted by molar-refractivity contribution is -0.120. The first-order valence-electron chi connectivity index (χ1n) is 19.4. The molecule has 0 aliphatic carbocycles. The number of nitrogens with two attached hydrogens (primary N) is 2. The molecule has 6 N–H and O–H groups in total. The molecule has 2 amide bonds. The van der Waals surface area contributed by atoms with Gasteiger partial charge in [-0.1, -0.05) is 36.4 Å². The Morgan fingerprint density at radius 1 is 0.500 bits per heavy atom. The quantitative estimate of drug-likeness (QED) is 0.0391. The molecule has 0 radical (unpaired) electrons. The molecular weight excluding hydrogens is 741 g/mol. The Hall–Kier alpha value is -6.31. The summed E-state index contributed by atoms with van der Waals surface area (Å²) in [5.41, 5.74) is 15.7. The molecule has 4 aromatic carbocycles. The van der Waals surface area contributed by atoms with Crippen LogP contribution in [0.5, 0.6) is 34.5 Å². The van der Waals surface area contributed by atoms with Crippen molar-refractivity contribution in [1.82, 2.24) is 10.6 Å². The average Bonchev–Trinajstić information content (AvgIpc) is 3.21. The van der Waals surface area contributed by atoms with Gasteiger partial charge in [-0.3, -0.25) is 9.59 Å². The van der Waals surface area contributed by atoms with Gasteiger partial charge in [0.1, 0.15) is 34.5 Å². The number of ether oxygens (including phenoxy) is 6. The fourth-order valence-electron chi connectivity index (χ4n) is 5.78. The van der Waals surface area contributed by atoms with Gasteiger partial charge in [-0.2, -0.15) is 0 Å². The minimum Gasteiger partial charge on any atom is -0.494 e. The zero-order chi connectivity index (χ0) is 41.7. The van der Waals surface area contributed by atoms with Gasteiger partial charge in [-0.05, 0) is 122 Å². The van der Waals surface area contributed by atoms with Crippen LogP contribution in [-0.2, 0) is 22.4 Å². The van der Waals surface area contributed by atoms with Gasteiger partial charge in [-0.25, -0.2) is 4.79 Å². The Morgan fingerprint density at radius 2 is 0.845 bits per heavy atom. The molecule has 4 aromatic rings. The normalized spacial score (nSPS) is 11.0. The van der Waals surface area contributed by atoms with Gasteiger partial charge in [0.15, 0.2) is 0 Å². The third-order valence-corrected chi connectivity index (χ3v) is 8.34. The second-order valence-corrected chi connectivity index (χ2v) is 12.7. The Kier molecular flexibility index (Phi) is 18.1. The van der Waals surface area contributed by atoms with Crippen molar-refractivity contribution in [2.45, 2.75) is 40.5 Å². The maximum atomic E-state index is 13.4. The zero-order valence-corrected chi connectivity index (χ0v) is 33.6. The predicted octanol–water partition coefficient (Wildman–Crippen LogP) is 6.43. The molecular formula is C45H54N4O9. The van der Waals surface area contributed by atoms with Gasteiger partial charge in [0.05, 0.1) is 39.5 Å². The number of amides is 2. The number of rotatable bonds is 22. The van der Waals surface area contributed by atoms with Gasteiger partial charge in [0.2, 0.25) is 11.8 Å². The lowest BCUT2D eigenvalue weighted by Crippen LogP contribution is -2.32. The summed E-state index contributed by atoms with van der Waals surface area (Å²) < 4.78 is 34.4. The first-order valence-corrected chi connectivity index (χ1v) is 19.4. The van der Waals surface area contributed by atoms with Crippen LogP contribution in [0.4, 0.5) is 4.79 Å². The van der Waals surface area contributed by atoms with Crippen molar-refractivity contribution in [3.63, 3.8) is 0 Å². The summed E-state index contributed by atoms with van der Waals surface area (Å²) in [6.45, 7) is 9.99. The summed E-state index contributed by atoms with van der Waals surface area (Å²) in [6.07, 6.45) is 7.43. The van der Waals surface area contributed by atoms with Crippen molar-refractivity contribution in [3.8, 4) is 34.5 Å². The predicted molar refractivity (Wildman–Crippen MR) is 226 cm³/mol. The smallest absolute Gasteiger partial charge is 0.494 e. The number of nitrogens with one attached hydrogen (secondary N) is 2. The van der Waals surface area contributed by atoms with Crippen molar-refractivity contribution in [2.75, 3.05) is 52.6 Å². The highest BCUT2D eigenvalue weighted by Gasteiger charge is 2.16. The minimum absolute atomic E-state index is 0.147. The van der Waals surface area contributed by atoms with E-state index in [1.165, 1.54) is 0 Å². The highest BCUT2D eigenvalue weighted by molar-refractivity contribution is 5.78. The maximum Gasteiger partial charge on any atom is 0.519 e. The summed E-state index contributed by atoms with van der Waals surface area (Å²) in [5.74, 6) is 2.70. The van der Waals surface area contributed by atoms with Crippen LogP contribution in [0.25, 0.3) is 24.3 Å². The van der Waals surface area contributed by atoms with Crippen LogP contribution >= 0.6 is 0 Å². The monoisotopic (exact) mass is 794 g/mol. The Bertz CT molecular complexity index is 1860. The third-order valence-electron chi connectivity index (χ3n) is 8.34. The second-order valence-electron chi connectivity index (χ2n) is 12.7. The summed E-state index contributed by atoms with van der Waals surface area (Å²) >= 11 is 0. The number of carbonyl (C=O) groups excluding carboxylic acids is 3. The molecule has 0 spiro atoms. The molecule has 0 saturated heterocycles. The largest absolute Gasteiger partial charge is 0.519 e. The van der Waals surface area contributed by atoms with Gasteiger partial charge in [-0.15, -0.1) is 0 Å². The van der Waals surface area contributed by atoms with Crippen LogP contribution < -0.4 is 50.5 Å². The molecule has 0 fully saturated rings. The van der Waals surface area contributed by atoms with E-state index in [2.05, 4.69) is 10.6 Å². The average molecular weight is 795 g/mol. The highest BCUT2D eigenvalue weighted by Crippen LogP contribution is 2.29. The first-order chi connectivity index (χ1) is 28.2. The third kappa shape index (κ3) is 14.6. The van der Waals surface area contributed by atoms with E-state index in [4.69, 9.17) is 39.9 Å². The van der Waals surface area contributed by atoms with Crippen molar-refractivity contribution in [1.29, 1.82) is 0 Å². The van der Waals surface area contributed by atoms with E-state index in [9.17, 15) is 14.4 Å². The molecule has 0 bridgehead atoms. The van der Waals surface area contributed by atoms with Crippen LogP contribution in [0.15, 0.2) is 72.8 Å². The molecule has 13 heteroatoms. The van der Waals surface area contributed by atoms with Crippen molar-refractivity contribution >= 4 is 42.3 Å². The molecule has 58 heavy (non-hydrogen) atoms. The fraction of sp³-hybridized carbons (Fsp3) is 0.311. The molecule has 0 saturated carbocycles.